The van der Waals surface area contributed by atoms with Gasteiger partial charge in [-0.1, -0.05) is 13.8 Å². The molecule has 1 aliphatic rings. The fourth-order valence-corrected chi connectivity index (χ4v) is 2.18. The maximum Gasteiger partial charge on any atom is 0.225 e. The van der Waals surface area contributed by atoms with Crippen LogP contribution in [0.4, 0.5) is 5.82 Å². The van der Waals surface area contributed by atoms with Crippen LogP contribution in [-0.2, 0) is 4.79 Å². The summed E-state index contributed by atoms with van der Waals surface area (Å²) in [6, 6.07) is 5.61. The van der Waals surface area contributed by atoms with Gasteiger partial charge in [0.2, 0.25) is 5.91 Å². The lowest BCUT2D eigenvalue weighted by Gasteiger charge is -2.36. The molecule has 5 heteroatoms. The molecule has 2 heterocycles. The number of carbonyl (C=O) groups excluding carboxylic acids is 1. The molecule has 1 aliphatic heterocycles. The number of piperazine rings is 1. The Balaban J connectivity index is 2.00. The minimum absolute atomic E-state index is 0.0478. The van der Waals surface area contributed by atoms with Crippen molar-refractivity contribution in [1.29, 1.82) is 5.26 Å². The quantitative estimate of drug-likeness (QED) is 0.801. The number of pyridine rings is 1. The normalized spacial score (nSPS) is 15.5. The Morgan fingerprint density at radius 1 is 1.37 bits per heavy atom. The van der Waals surface area contributed by atoms with Crippen molar-refractivity contribution in [2.45, 2.75) is 13.8 Å². The summed E-state index contributed by atoms with van der Waals surface area (Å²) in [6.07, 6.45) is 1.65. The van der Waals surface area contributed by atoms with Crippen molar-refractivity contribution in [2.24, 2.45) is 5.92 Å². The predicted octanol–water partition coefficient (Wildman–Crippen LogP) is 1.26. The van der Waals surface area contributed by atoms with Crippen molar-refractivity contribution >= 4 is 11.7 Å². The van der Waals surface area contributed by atoms with Crippen LogP contribution in [0, 0.1) is 17.2 Å². The second kappa shape index (κ2) is 5.70. The van der Waals surface area contributed by atoms with Crippen molar-refractivity contribution in [3.05, 3.63) is 23.9 Å². The summed E-state index contributed by atoms with van der Waals surface area (Å²) in [5.74, 6) is 1.07. The highest BCUT2D eigenvalue weighted by Crippen LogP contribution is 2.15. The Morgan fingerprint density at radius 2 is 2.05 bits per heavy atom. The van der Waals surface area contributed by atoms with E-state index in [4.69, 9.17) is 5.26 Å². The van der Waals surface area contributed by atoms with E-state index in [0.717, 1.165) is 32.0 Å². The van der Waals surface area contributed by atoms with Gasteiger partial charge in [-0.25, -0.2) is 4.98 Å². The third-order valence-corrected chi connectivity index (χ3v) is 3.28. The van der Waals surface area contributed by atoms with Crippen LogP contribution < -0.4 is 4.90 Å². The highest BCUT2D eigenvalue weighted by Gasteiger charge is 2.23. The number of carbonyl (C=O) groups is 1. The highest BCUT2D eigenvalue weighted by atomic mass is 16.2. The molecule has 0 bridgehead atoms. The molecule has 0 unspecified atom stereocenters. The van der Waals surface area contributed by atoms with E-state index in [1.165, 1.54) is 0 Å². The highest BCUT2D eigenvalue weighted by molar-refractivity contribution is 5.78. The van der Waals surface area contributed by atoms with Crippen molar-refractivity contribution in [2.75, 3.05) is 31.1 Å². The smallest absolute Gasteiger partial charge is 0.225 e. The fraction of sp³-hybridized carbons (Fsp3) is 0.500. The summed E-state index contributed by atoms with van der Waals surface area (Å²) in [6.45, 7) is 6.81. The molecule has 1 aromatic heterocycles. The summed E-state index contributed by atoms with van der Waals surface area (Å²) in [7, 11) is 0. The van der Waals surface area contributed by atoms with Gasteiger partial charge in [-0.3, -0.25) is 4.79 Å². The topological polar surface area (TPSA) is 60.2 Å². The van der Waals surface area contributed by atoms with Gasteiger partial charge in [0.15, 0.2) is 0 Å². The van der Waals surface area contributed by atoms with Crippen molar-refractivity contribution in [3.63, 3.8) is 0 Å². The number of nitrogens with zero attached hydrogens (tertiary/aromatic N) is 4. The third-order valence-electron chi connectivity index (χ3n) is 3.28. The fourth-order valence-electron chi connectivity index (χ4n) is 2.18. The van der Waals surface area contributed by atoms with E-state index in [0.29, 0.717) is 5.56 Å². The van der Waals surface area contributed by atoms with Crippen molar-refractivity contribution in [1.82, 2.24) is 9.88 Å². The molecular weight excluding hydrogens is 240 g/mol. The number of rotatable bonds is 2. The molecule has 0 radical (unpaired) electrons. The van der Waals surface area contributed by atoms with E-state index in [2.05, 4.69) is 16.0 Å². The van der Waals surface area contributed by atoms with E-state index >= 15 is 0 Å². The van der Waals surface area contributed by atoms with E-state index in [1.54, 1.807) is 18.3 Å². The summed E-state index contributed by atoms with van der Waals surface area (Å²) in [5.41, 5.74) is 0.616. The van der Waals surface area contributed by atoms with Gasteiger partial charge < -0.3 is 9.80 Å². The molecule has 0 aromatic carbocycles. The van der Waals surface area contributed by atoms with Gasteiger partial charge >= 0.3 is 0 Å². The molecule has 0 aliphatic carbocycles. The Kier molecular flexibility index (Phi) is 4.00. The van der Waals surface area contributed by atoms with Crippen LogP contribution in [-0.4, -0.2) is 42.0 Å². The number of amides is 1. The summed E-state index contributed by atoms with van der Waals surface area (Å²) >= 11 is 0. The molecular formula is C14H18N4O. The second-order valence-corrected chi connectivity index (χ2v) is 4.98. The number of nitriles is 1. The standard InChI is InChI=1S/C14H18N4O/c1-11(2)14(19)18-7-5-17(6-8-18)13-9-12(10-15)3-4-16-13/h3-4,9,11H,5-8H2,1-2H3. The van der Waals surface area contributed by atoms with Crippen LogP contribution in [0.2, 0.25) is 0 Å². The van der Waals surface area contributed by atoms with E-state index in [-0.39, 0.29) is 11.8 Å². The molecule has 2 rings (SSSR count). The molecule has 0 N–H and O–H groups in total. The molecule has 1 aromatic rings. The van der Waals surface area contributed by atoms with Crippen LogP contribution in [0.15, 0.2) is 18.3 Å². The Labute approximate surface area is 113 Å². The third kappa shape index (κ3) is 3.02. The number of aromatic nitrogens is 1. The van der Waals surface area contributed by atoms with Gasteiger partial charge in [-0.2, -0.15) is 5.26 Å². The molecule has 1 amide bonds. The number of anilines is 1. The van der Waals surface area contributed by atoms with Crippen LogP contribution in [0.3, 0.4) is 0 Å². The van der Waals surface area contributed by atoms with Gasteiger partial charge in [-0.05, 0) is 12.1 Å². The zero-order valence-electron chi connectivity index (χ0n) is 11.3. The summed E-state index contributed by atoms with van der Waals surface area (Å²) in [4.78, 5) is 20.2. The molecule has 1 saturated heterocycles. The van der Waals surface area contributed by atoms with Crippen LogP contribution in [0.1, 0.15) is 19.4 Å². The molecule has 5 nitrogen and oxygen atoms in total. The molecule has 19 heavy (non-hydrogen) atoms. The summed E-state index contributed by atoms with van der Waals surface area (Å²) < 4.78 is 0. The van der Waals surface area contributed by atoms with E-state index < -0.39 is 0 Å². The van der Waals surface area contributed by atoms with Gasteiger partial charge in [0.25, 0.3) is 0 Å². The maximum absolute atomic E-state index is 11.9. The average molecular weight is 258 g/mol. The SMILES string of the molecule is CC(C)C(=O)N1CCN(c2cc(C#N)ccn2)CC1. The molecule has 0 atom stereocenters. The van der Waals surface area contributed by atoms with E-state index in [9.17, 15) is 4.79 Å². The van der Waals surface area contributed by atoms with Gasteiger partial charge in [0.05, 0.1) is 11.6 Å². The lowest BCUT2D eigenvalue weighted by atomic mass is 10.1. The Bertz CT molecular complexity index is 498. The monoisotopic (exact) mass is 258 g/mol. The van der Waals surface area contributed by atoms with Crippen molar-refractivity contribution in [3.8, 4) is 6.07 Å². The number of hydrogen-bond acceptors (Lipinski definition) is 4. The minimum Gasteiger partial charge on any atom is -0.353 e. The van der Waals surface area contributed by atoms with E-state index in [1.807, 2.05) is 18.7 Å². The summed E-state index contributed by atoms with van der Waals surface area (Å²) in [5, 5.41) is 8.89. The minimum atomic E-state index is 0.0478. The molecule has 0 saturated carbocycles. The largest absolute Gasteiger partial charge is 0.353 e. The number of hydrogen-bond donors (Lipinski definition) is 0. The first-order chi connectivity index (χ1) is 9.11. The maximum atomic E-state index is 11.9. The first kappa shape index (κ1) is 13.3. The lowest BCUT2D eigenvalue weighted by Crippen LogP contribution is -2.50. The van der Waals surface area contributed by atoms with Gasteiger partial charge in [-0.15, -0.1) is 0 Å². The van der Waals surface area contributed by atoms with Crippen LogP contribution in [0.5, 0.6) is 0 Å². The first-order valence-electron chi connectivity index (χ1n) is 6.51. The van der Waals surface area contributed by atoms with Crippen LogP contribution >= 0.6 is 0 Å². The average Bonchev–Trinajstić information content (AvgIpc) is 2.46. The first-order valence-corrected chi connectivity index (χ1v) is 6.51. The molecule has 1 fully saturated rings. The molecule has 0 spiro atoms. The van der Waals surface area contributed by atoms with Crippen molar-refractivity contribution < 1.29 is 4.79 Å². The zero-order valence-corrected chi connectivity index (χ0v) is 11.3. The second-order valence-electron chi connectivity index (χ2n) is 4.98. The van der Waals surface area contributed by atoms with Crippen LogP contribution in [0.25, 0.3) is 0 Å². The Hall–Kier alpha value is -2.09. The molecule has 100 valence electrons. The lowest BCUT2D eigenvalue weighted by molar-refractivity contribution is -0.134. The Morgan fingerprint density at radius 3 is 2.63 bits per heavy atom. The zero-order chi connectivity index (χ0) is 13.8. The predicted molar refractivity (Wildman–Crippen MR) is 72.6 cm³/mol. The van der Waals surface area contributed by atoms with Gasteiger partial charge in [0, 0.05) is 38.3 Å². The van der Waals surface area contributed by atoms with Gasteiger partial charge in [0.1, 0.15) is 5.82 Å².